The SMILES string of the molecule is Cc1nc2c(o1)CN(C(=O)Cn1nc(-c3ccc(F)c(C)c3)cc1-c1ccccc1)CC2. The third-order valence-electron chi connectivity index (χ3n) is 5.78. The molecule has 6 nitrogen and oxygen atoms in total. The molecule has 4 aromatic rings. The highest BCUT2D eigenvalue weighted by Gasteiger charge is 2.26. The van der Waals surface area contributed by atoms with Crippen LogP contribution in [0.25, 0.3) is 22.5 Å². The second-order valence-corrected chi connectivity index (χ2v) is 8.07. The van der Waals surface area contributed by atoms with Crippen LogP contribution in [-0.4, -0.2) is 32.1 Å². The lowest BCUT2D eigenvalue weighted by molar-refractivity contribution is -0.133. The first-order valence-corrected chi connectivity index (χ1v) is 10.6. The van der Waals surface area contributed by atoms with Crippen molar-refractivity contribution in [2.75, 3.05) is 6.54 Å². The molecule has 0 aliphatic carbocycles. The third-order valence-corrected chi connectivity index (χ3v) is 5.78. The third kappa shape index (κ3) is 3.82. The fourth-order valence-electron chi connectivity index (χ4n) is 4.09. The van der Waals surface area contributed by atoms with Gasteiger partial charge in [-0.15, -0.1) is 0 Å². The molecule has 0 radical (unpaired) electrons. The van der Waals surface area contributed by atoms with E-state index in [-0.39, 0.29) is 18.3 Å². The molecular weight excluding hydrogens is 407 g/mol. The minimum atomic E-state index is -0.251. The highest BCUT2D eigenvalue weighted by molar-refractivity contribution is 5.78. The molecule has 0 spiro atoms. The zero-order valence-electron chi connectivity index (χ0n) is 18.0. The number of carbonyl (C=O) groups excluding carboxylic acids is 1. The molecule has 0 fully saturated rings. The van der Waals surface area contributed by atoms with Crippen molar-refractivity contribution in [2.24, 2.45) is 0 Å². The van der Waals surface area contributed by atoms with Crippen molar-refractivity contribution in [3.05, 3.63) is 83.3 Å². The Labute approximate surface area is 185 Å². The molecule has 32 heavy (non-hydrogen) atoms. The lowest BCUT2D eigenvalue weighted by Gasteiger charge is -2.25. The van der Waals surface area contributed by atoms with Crippen molar-refractivity contribution in [3.63, 3.8) is 0 Å². The molecule has 0 atom stereocenters. The van der Waals surface area contributed by atoms with E-state index < -0.39 is 0 Å². The number of aromatic nitrogens is 3. The Balaban J connectivity index is 1.46. The maximum Gasteiger partial charge on any atom is 0.244 e. The Morgan fingerprint density at radius 1 is 1.09 bits per heavy atom. The number of oxazole rings is 1. The van der Waals surface area contributed by atoms with E-state index in [4.69, 9.17) is 9.52 Å². The Morgan fingerprint density at radius 2 is 1.91 bits per heavy atom. The number of benzene rings is 2. The normalized spacial score (nSPS) is 13.3. The van der Waals surface area contributed by atoms with E-state index in [2.05, 4.69) is 4.98 Å². The summed E-state index contributed by atoms with van der Waals surface area (Å²) in [5.41, 5.74) is 4.80. The number of hydrogen-bond acceptors (Lipinski definition) is 4. The number of carbonyl (C=O) groups is 1. The number of halogens is 1. The van der Waals surface area contributed by atoms with E-state index in [9.17, 15) is 9.18 Å². The zero-order valence-corrected chi connectivity index (χ0v) is 18.0. The van der Waals surface area contributed by atoms with Crippen LogP contribution >= 0.6 is 0 Å². The number of nitrogens with zero attached hydrogens (tertiary/aromatic N) is 4. The first kappa shape index (κ1) is 20.2. The summed E-state index contributed by atoms with van der Waals surface area (Å²) in [5, 5.41) is 4.72. The first-order valence-electron chi connectivity index (χ1n) is 10.6. The molecule has 0 bridgehead atoms. The zero-order chi connectivity index (χ0) is 22.2. The molecule has 0 saturated heterocycles. The van der Waals surface area contributed by atoms with Crippen molar-refractivity contribution in [2.45, 2.75) is 33.4 Å². The quantitative estimate of drug-likeness (QED) is 0.477. The topological polar surface area (TPSA) is 64.2 Å². The van der Waals surface area contributed by atoms with Gasteiger partial charge in [-0.25, -0.2) is 9.37 Å². The number of amides is 1. The van der Waals surface area contributed by atoms with Crippen LogP contribution in [0.5, 0.6) is 0 Å². The molecule has 3 heterocycles. The summed E-state index contributed by atoms with van der Waals surface area (Å²) >= 11 is 0. The first-order chi connectivity index (χ1) is 15.5. The summed E-state index contributed by atoms with van der Waals surface area (Å²) in [7, 11) is 0. The standard InChI is InChI=1S/C25H23FN4O2/c1-16-12-19(8-9-20(16)26)22-13-23(18-6-4-3-5-7-18)30(28-22)15-25(31)29-11-10-21-24(14-29)32-17(2)27-21/h3-9,12-13H,10-11,14-15H2,1-2H3. The highest BCUT2D eigenvalue weighted by atomic mass is 19.1. The predicted octanol–water partition coefficient (Wildman–Crippen LogP) is 4.55. The lowest BCUT2D eigenvalue weighted by atomic mass is 10.1. The van der Waals surface area contributed by atoms with Crippen molar-refractivity contribution < 1.29 is 13.6 Å². The summed E-state index contributed by atoms with van der Waals surface area (Å²) in [6.45, 7) is 4.67. The Morgan fingerprint density at radius 3 is 2.69 bits per heavy atom. The van der Waals surface area contributed by atoms with E-state index in [0.29, 0.717) is 36.7 Å². The molecule has 2 aromatic heterocycles. The second kappa shape index (κ2) is 8.07. The van der Waals surface area contributed by atoms with Gasteiger partial charge >= 0.3 is 0 Å². The van der Waals surface area contributed by atoms with Crippen LogP contribution in [0, 0.1) is 19.7 Å². The molecule has 162 valence electrons. The molecular formula is C25H23FN4O2. The average molecular weight is 430 g/mol. The van der Waals surface area contributed by atoms with Gasteiger partial charge in [0, 0.05) is 25.5 Å². The van der Waals surface area contributed by atoms with E-state index in [1.165, 1.54) is 6.07 Å². The molecule has 1 aliphatic heterocycles. The van der Waals surface area contributed by atoms with Crippen LogP contribution in [-0.2, 0) is 24.3 Å². The van der Waals surface area contributed by atoms with Crippen LogP contribution in [0.4, 0.5) is 4.39 Å². The molecule has 1 amide bonds. The van der Waals surface area contributed by atoms with Gasteiger partial charge in [-0.1, -0.05) is 30.3 Å². The molecule has 5 rings (SSSR count). The van der Waals surface area contributed by atoms with E-state index in [0.717, 1.165) is 28.3 Å². The maximum atomic E-state index is 13.8. The second-order valence-electron chi connectivity index (χ2n) is 8.07. The molecule has 0 unspecified atom stereocenters. The summed E-state index contributed by atoms with van der Waals surface area (Å²) in [6.07, 6.45) is 0.684. The molecule has 1 aliphatic rings. The smallest absolute Gasteiger partial charge is 0.244 e. The maximum absolute atomic E-state index is 13.8. The summed E-state index contributed by atoms with van der Waals surface area (Å²) in [6, 6.07) is 16.7. The van der Waals surface area contributed by atoms with Crippen molar-refractivity contribution in [3.8, 4) is 22.5 Å². The number of aryl methyl sites for hydroxylation is 2. The fourth-order valence-corrected chi connectivity index (χ4v) is 4.09. The summed E-state index contributed by atoms with van der Waals surface area (Å²) in [4.78, 5) is 19.3. The number of hydrogen-bond donors (Lipinski definition) is 0. The Kier molecular flexibility index (Phi) is 5.09. The lowest BCUT2D eigenvalue weighted by Crippen LogP contribution is -2.38. The van der Waals surface area contributed by atoms with Crippen LogP contribution < -0.4 is 0 Å². The van der Waals surface area contributed by atoms with Crippen LogP contribution in [0.1, 0.15) is 22.9 Å². The van der Waals surface area contributed by atoms with Crippen LogP contribution in [0.15, 0.2) is 59.0 Å². The fraction of sp³-hybridized carbons (Fsp3) is 0.240. The van der Waals surface area contributed by atoms with Gasteiger partial charge in [0.2, 0.25) is 5.91 Å². The van der Waals surface area contributed by atoms with E-state index >= 15 is 0 Å². The van der Waals surface area contributed by atoms with Gasteiger partial charge in [0.1, 0.15) is 18.1 Å². The molecule has 0 saturated carbocycles. The highest BCUT2D eigenvalue weighted by Crippen LogP contribution is 2.28. The van der Waals surface area contributed by atoms with Crippen molar-refractivity contribution in [1.29, 1.82) is 0 Å². The van der Waals surface area contributed by atoms with Gasteiger partial charge in [0.15, 0.2) is 5.89 Å². The minimum Gasteiger partial charge on any atom is -0.444 e. The van der Waals surface area contributed by atoms with Gasteiger partial charge in [0.05, 0.1) is 23.6 Å². The Hall–Kier alpha value is -3.74. The molecule has 7 heteroatoms. The Bertz CT molecular complexity index is 1290. The predicted molar refractivity (Wildman–Crippen MR) is 118 cm³/mol. The van der Waals surface area contributed by atoms with Gasteiger partial charge in [-0.05, 0) is 42.3 Å². The molecule has 0 N–H and O–H groups in total. The minimum absolute atomic E-state index is 0.0354. The summed E-state index contributed by atoms with van der Waals surface area (Å²) in [5.74, 6) is 1.10. The van der Waals surface area contributed by atoms with Gasteiger partial charge in [0.25, 0.3) is 0 Å². The van der Waals surface area contributed by atoms with Crippen molar-refractivity contribution >= 4 is 5.91 Å². The van der Waals surface area contributed by atoms with Crippen LogP contribution in [0.2, 0.25) is 0 Å². The van der Waals surface area contributed by atoms with Gasteiger partial charge < -0.3 is 9.32 Å². The number of fused-ring (bicyclic) bond motifs is 1. The van der Waals surface area contributed by atoms with Gasteiger partial charge in [-0.2, -0.15) is 5.10 Å². The van der Waals surface area contributed by atoms with Crippen LogP contribution in [0.3, 0.4) is 0 Å². The average Bonchev–Trinajstić information content (AvgIpc) is 3.38. The van der Waals surface area contributed by atoms with E-state index in [1.54, 1.807) is 28.6 Å². The molecule has 2 aromatic carbocycles. The number of rotatable bonds is 4. The monoisotopic (exact) mass is 430 g/mol. The van der Waals surface area contributed by atoms with Crippen molar-refractivity contribution in [1.82, 2.24) is 19.7 Å². The van der Waals surface area contributed by atoms with Gasteiger partial charge in [-0.3, -0.25) is 9.48 Å². The summed E-state index contributed by atoms with van der Waals surface area (Å²) < 4.78 is 21.1. The largest absolute Gasteiger partial charge is 0.444 e. The van der Waals surface area contributed by atoms with E-state index in [1.807, 2.05) is 43.3 Å².